The highest BCUT2D eigenvalue weighted by Gasteiger charge is 2.14. The molecule has 0 spiro atoms. The highest BCUT2D eigenvalue weighted by molar-refractivity contribution is 7.18. The van der Waals surface area contributed by atoms with Gasteiger partial charge in [0.25, 0.3) is 0 Å². The first-order valence-electron chi connectivity index (χ1n) is 7.40. The standard InChI is InChI=1S/C17H16N4OS/c1-8-9(2)23-17-15(8)16(18-10(3)19-17)21-12-5-6-14-13(7-12)20-11(4)22-14/h5-7H,1-4H3,(H,18,19,21). The van der Waals surface area contributed by atoms with Crippen LogP contribution in [0.4, 0.5) is 11.5 Å². The number of fused-ring (bicyclic) bond motifs is 2. The molecule has 6 heteroatoms. The van der Waals surface area contributed by atoms with E-state index in [0.29, 0.717) is 5.89 Å². The first-order chi connectivity index (χ1) is 11.0. The summed E-state index contributed by atoms with van der Waals surface area (Å²) in [5.74, 6) is 2.27. The molecule has 0 radical (unpaired) electrons. The molecule has 4 rings (SSSR count). The Balaban J connectivity index is 1.84. The number of nitrogens with zero attached hydrogens (tertiary/aromatic N) is 3. The Morgan fingerprint density at radius 2 is 1.87 bits per heavy atom. The molecule has 4 aromatic rings. The van der Waals surface area contributed by atoms with E-state index in [9.17, 15) is 0 Å². The molecule has 1 N–H and O–H groups in total. The molecule has 0 saturated heterocycles. The van der Waals surface area contributed by atoms with Crippen LogP contribution >= 0.6 is 11.3 Å². The lowest BCUT2D eigenvalue weighted by molar-refractivity contribution is 0.561. The van der Waals surface area contributed by atoms with Gasteiger partial charge in [-0.15, -0.1) is 11.3 Å². The summed E-state index contributed by atoms with van der Waals surface area (Å²) in [6, 6.07) is 5.88. The van der Waals surface area contributed by atoms with Gasteiger partial charge in [-0.3, -0.25) is 0 Å². The van der Waals surface area contributed by atoms with Crippen molar-refractivity contribution in [1.29, 1.82) is 0 Å². The van der Waals surface area contributed by atoms with Crippen LogP contribution < -0.4 is 5.32 Å². The molecule has 0 atom stereocenters. The number of thiophene rings is 1. The molecule has 1 aromatic carbocycles. The van der Waals surface area contributed by atoms with Gasteiger partial charge in [-0.2, -0.15) is 0 Å². The maximum absolute atomic E-state index is 5.52. The van der Waals surface area contributed by atoms with Crippen molar-refractivity contribution in [2.45, 2.75) is 27.7 Å². The molecule has 3 aromatic heterocycles. The summed E-state index contributed by atoms with van der Waals surface area (Å²) in [6.45, 7) is 7.99. The van der Waals surface area contributed by atoms with E-state index in [4.69, 9.17) is 4.42 Å². The van der Waals surface area contributed by atoms with Crippen LogP contribution in [0.2, 0.25) is 0 Å². The fraction of sp³-hybridized carbons (Fsp3) is 0.235. The van der Waals surface area contributed by atoms with Gasteiger partial charge >= 0.3 is 0 Å². The van der Waals surface area contributed by atoms with E-state index in [-0.39, 0.29) is 0 Å². The molecule has 0 saturated carbocycles. The van der Waals surface area contributed by atoms with E-state index < -0.39 is 0 Å². The smallest absolute Gasteiger partial charge is 0.192 e. The van der Waals surface area contributed by atoms with Crippen LogP contribution in [0.3, 0.4) is 0 Å². The van der Waals surface area contributed by atoms with E-state index in [1.54, 1.807) is 11.3 Å². The summed E-state index contributed by atoms with van der Waals surface area (Å²) in [5, 5.41) is 4.51. The maximum Gasteiger partial charge on any atom is 0.192 e. The lowest BCUT2D eigenvalue weighted by atomic mass is 10.2. The van der Waals surface area contributed by atoms with Gasteiger partial charge in [-0.25, -0.2) is 15.0 Å². The quantitative estimate of drug-likeness (QED) is 0.573. The number of benzene rings is 1. The normalized spacial score (nSPS) is 11.5. The predicted octanol–water partition coefficient (Wildman–Crippen LogP) is 4.81. The van der Waals surface area contributed by atoms with E-state index in [2.05, 4.69) is 34.1 Å². The molecule has 116 valence electrons. The zero-order valence-corrected chi connectivity index (χ0v) is 14.2. The van der Waals surface area contributed by atoms with Gasteiger partial charge in [0.05, 0.1) is 5.39 Å². The monoisotopic (exact) mass is 324 g/mol. The third kappa shape index (κ3) is 2.35. The lowest BCUT2D eigenvalue weighted by Crippen LogP contribution is -1.98. The van der Waals surface area contributed by atoms with Crippen LogP contribution in [0.15, 0.2) is 22.6 Å². The van der Waals surface area contributed by atoms with Crippen LogP contribution in [-0.4, -0.2) is 15.0 Å². The average molecular weight is 324 g/mol. The van der Waals surface area contributed by atoms with Crippen molar-refractivity contribution in [2.75, 3.05) is 5.32 Å². The second-order valence-electron chi connectivity index (χ2n) is 5.62. The Labute approximate surface area is 137 Å². The van der Waals surface area contributed by atoms with Crippen LogP contribution in [0.5, 0.6) is 0 Å². The Kier molecular flexibility index (Phi) is 3.09. The lowest BCUT2D eigenvalue weighted by Gasteiger charge is -2.08. The largest absolute Gasteiger partial charge is 0.441 e. The van der Waals surface area contributed by atoms with Crippen molar-refractivity contribution in [3.63, 3.8) is 0 Å². The van der Waals surface area contributed by atoms with Gasteiger partial charge in [-0.1, -0.05) is 0 Å². The number of aromatic nitrogens is 3. The fourth-order valence-corrected chi connectivity index (χ4v) is 3.78. The van der Waals surface area contributed by atoms with E-state index in [1.807, 2.05) is 32.0 Å². The molecule has 0 aliphatic carbocycles. The molecule has 0 aliphatic rings. The van der Waals surface area contributed by atoms with Crippen molar-refractivity contribution in [3.8, 4) is 0 Å². The minimum Gasteiger partial charge on any atom is -0.441 e. The molecule has 0 fully saturated rings. The van der Waals surface area contributed by atoms with Gasteiger partial charge < -0.3 is 9.73 Å². The van der Waals surface area contributed by atoms with Crippen molar-refractivity contribution < 1.29 is 4.42 Å². The Morgan fingerprint density at radius 3 is 2.70 bits per heavy atom. The van der Waals surface area contributed by atoms with Gasteiger partial charge in [-0.05, 0) is 44.5 Å². The van der Waals surface area contributed by atoms with Crippen molar-refractivity contribution in [1.82, 2.24) is 15.0 Å². The summed E-state index contributed by atoms with van der Waals surface area (Å²) >= 11 is 1.71. The van der Waals surface area contributed by atoms with Gasteiger partial charge in [0, 0.05) is 17.5 Å². The van der Waals surface area contributed by atoms with Crippen molar-refractivity contribution in [3.05, 3.63) is 40.4 Å². The summed E-state index contributed by atoms with van der Waals surface area (Å²) in [4.78, 5) is 15.8. The zero-order chi connectivity index (χ0) is 16.1. The minimum atomic E-state index is 0.668. The highest BCUT2D eigenvalue weighted by Crippen LogP contribution is 2.34. The predicted molar refractivity (Wildman–Crippen MR) is 93.7 cm³/mol. The molecule has 0 unspecified atom stereocenters. The highest BCUT2D eigenvalue weighted by atomic mass is 32.1. The number of hydrogen-bond donors (Lipinski definition) is 1. The number of rotatable bonds is 2. The van der Waals surface area contributed by atoms with E-state index >= 15 is 0 Å². The third-order valence-corrected chi connectivity index (χ3v) is 5.00. The average Bonchev–Trinajstić information content (AvgIpc) is 2.98. The molecule has 5 nitrogen and oxygen atoms in total. The number of oxazole rings is 1. The molecular formula is C17H16N4OS. The number of nitrogens with one attached hydrogen (secondary N) is 1. The number of aryl methyl sites for hydroxylation is 4. The second kappa shape index (κ2) is 5.03. The van der Waals surface area contributed by atoms with Crippen LogP contribution in [0.25, 0.3) is 21.3 Å². The minimum absolute atomic E-state index is 0.668. The Hall–Kier alpha value is -2.47. The van der Waals surface area contributed by atoms with Crippen molar-refractivity contribution >= 4 is 44.2 Å². The van der Waals surface area contributed by atoms with Crippen LogP contribution in [-0.2, 0) is 0 Å². The maximum atomic E-state index is 5.52. The molecule has 0 aliphatic heterocycles. The van der Waals surface area contributed by atoms with Crippen LogP contribution in [0.1, 0.15) is 22.2 Å². The Morgan fingerprint density at radius 1 is 1.04 bits per heavy atom. The number of anilines is 2. The SMILES string of the molecule is Cc1nc(Nc2ccc3oc(C)nc3c2)c2c(C)c(C)sc2n1. The van der Waals surface area contributed by atoms with Crippen LogP contribution in [0, 0.1) is 27.7 Å². The zero-order valence-electron chi connectivity index (χ0n) is 13.4. The van der Waals surface area contributed by atoms with Crippen molar-refractivity contribution in [2.24, 2.45) is 0 Å². The summed E-state index contributed by atoms with van der Waals surface area (Å²) in [5.41, 5.74) is 3.80. The first-order valence-corrected chi connectivity index (χ1v) is 8.21. The van der Waals surface area contributed by atoms with E-state index in [1.165, 1.54) is 10.4 Å². The summed E-state index contributed by atoms with van der Waals surface area (Å²) in [6.07, 6.45) is 0. The summed E-state index contributed by atoms with van der Waals surface area (Å²) < 4.78 is 5.52. The third-order valence-electron chi connectivity index (χ3n) is 3.90. The molecule has 0 bridgehead atoms. The number of hydrogen-bond acceptors (Lipinski definition) is 6. The molecule has 0 amide bonds. The topological polar surface area (TPSA) is 63.8 Å². The molecule has 23 heavy (non-hydrogen) atoms. The first kappa shape index (κ1) is 14.1. The second-order valence-corrected chi connectivity index (χ2v) is 6.83. The molecule has 3 heterocycles. The summed E-state index contributed by atoms with van der Waals surface area (Å²) in [7, 11) is 0. The Bertz CT molecular complexity index is 1050. The van der Waals surface area contributed by atoms with Gasteiger partial charge in [0.15, 0.2) is 11.5 Å². The van der Waals surface area contributed by atoms with Gasteiger partial charge in [0.1, 0.15) is 22.0 Å². The van der Waals surface area contributed by atoms with Gasteiger partial charge in [0.2, 0.25) is 0 Å². The van der Waals surface area contributed by atoms with E-state index in [0.717, 1.165) is 38.6 Å². The molecular weight excluding hydrogens is 308 g/mol. The fourth-order valence-electron chi connectivity index (χ4n) is 2.70.